The number of aliphatic carboxylic acids is 1. The Morgan fingerprint density at radius 3 is 2.75 bits per heavy atom. The van der Waals surface area contributed by atoms with Gasteiger partial charge >= 0.3 is 5.97 Å². The molecule has 1 saturated heterocycles. The van der Waals surface area contributed by atoms with Gasteiger partial charge in [0.05, 0.1) is 0 Å². The van der Waals surface area contributed by atoms with Crippen LogP contribution in [-0.4, -0.2) is 35.7 Å². The monoisotopic (exact) mass is 295 g/mol. The quantitative estimate of drug-likeness (QED) is 0.904. The number of carboxylic acid groups (broad SMARTS) is 1. The molecule has 0 spiro atoms. The topological polar surface area (TPSA) is 66.8 Å². The molecule has 0 aliphatic carbocycles. The first-order chi connectivity index (χ1) is 9.58. The molecule has 1 aromatic carbocycles. The number of amides is 1. The van der Waals surface area contributed by atoms with Crippen molar-refractivity contribution in [2.24, 2.45) is 0 Å². The molecular weight excluding hydrogens is 282 g/mol. The predicted octanol–water partition coefficient (Wildman–Crippen LogP) is 1.86. The smallest absolute Gasteiger partial charge is 0.332 e. The second kappa shape index (κ2) is 5.07. The van der Waals surface area contributed by atoms with Crippen LogP contribution >= 0.6 is 11.6 Å². The highest BCUT2D eigenvalue weighted by molar-refractivity contribution is 6.32. The number of hydrogen-bond donors (Lipinski definition) is 1. The molecule has 5 nitrogen and oxygen atoms in total. The maximum Gasteiger partial charge on any atom is 0.332 e. The highest BCUT2D eigenvalue weighted by Crippen LogP contribution is 2.35. The van der Waals surface area contributed by atoms with Crippen LogP contribution < -0.4 is 4.90 Å². The highest BCUT2D eigenvalue weighted by atomic mass is 35.5. The van der Waals surface area contributed by atoms with Crippen LogP contribution in [0.4, 0.5) is 5.69 Å². The van der Waals surface area contributed by atoms with Crippen LogP contribution in [0.1, 0.15) is 18.4 Å². The van der Waals surface area contributed by atoms with Gasteiger partial charge in [-0.25, -0.2) is 4.79 Å². The minimum Gasteiger partial charge on any atom is -0.479 e. The zero-order valence-electron chi connectivity index (χ0n) is 10.7. The fraction of sp³-hybridized carbons (Fsp3) is 0.429. The molecule has 1 fully saturated rings. The molecule has 0 unspecified atom stereocenters. The molecule has 106 valence electrons. The van der Waals surface area contributed by atoms with Crippen LogP contribution in [-0.2, 0) is 20.7 Å². The first-order valence-corrected chi connectivity index (χ1v) is 6.93. The average molecular weight is 296 g/mol. The third-order valence-electron chi connectivity index (χ3n) is 3.81. The lowest BCUT2D eigenvalue weighted by Crippen LogP contribution is -2.38. The lowest BCUT2D eigenvalue weighted by atomic mass is 10.1. The number of carbonyl (C=O) groups excluding carboxylic acids is 1. The van der Waals surface area contributed by atoms with Crippen LogP contribution in [0.3, 0.4) is 0 Å². The summed E-state index contributed by atoms with van der Waals surface area (Å²) >= 11 is 6.12. The van der Waals surface area contributed by atoms with E-state index in [1.807, 2.05) is 12.1 Å². The van der Waals surface area contributed by atoms with E-state index in [1.165, 1.54) is 0 Å². The number of carbonyl (C=O) groups is 2. The van der Waals surface area contributed by atoms with Crippen LogP contribution in [0.5, 0.6) is 0 Å². The molecule has 0 radical (unpaired) electrons. The van der Waals surface area contributed by atoms with E-state index in [2.05, 4.69) is 0 Å². The van der Waals surface area contributed by atoms with Gasteiger partial charge in [-0.3, -0.25) is 4.79 Å². The first kappa shape index (κ1) is 13.4. The van der Waals surface area contributed by atoms with Crippen molar-refractivity contribution in [1.29, 1.82) is 0 Å². The third-order valence-corrected chi connectivity index (χ3v) is 4.16. The maximum atomic E-state index is 12.5. The van der Waals surface area contributed by atoms with Gasteiger partial charge in [0, 0.05) is 17.3 Å². The van der Waals surface area contributed by atoms with Gasteiger partial charge in [-0.1, -0.05) is 17.7 Å². The average Bonchev–Trinajstić information content (AvgIpc) is 3.05. The summed E-state index contributed by atoms with van der Waals surface area (Å²) in [7, 11) is 0. The summed E-state index contributed by atoms with van der Waals surface area (Å²) in [4.78, 5) is 25.0. The van der Waals surface area contributed by atoms with Crippen molar-refractivity contribution in [1.82, 2.24) is 0 Å². The second-order valence-corrected chi connectivity index (χ2v) is 5.41. The molecule has 1 amide bonds. The minimum absolute atomic E-state index is 0.172. The second-order valence-electron chi connectivity index (χ2n) is 5.01. The molecule has 20 heavy (non-hydrogen) atoms. The Hall–Kier alpha value is -1.59. The van der Waals surface area contributed by atoms with E-state index in [-0.39, 0.29) is 5.91 Å². The molecule has 2 atom stereocenters. The summed E-state index contributed by atoms with van der Waals surface area (Å²) in [6.07, 6.45) is 0.00595. The zero-order chi connectivity index (χ0) is 14.3. The van der Waals surface area contributed by atoms with Gasteiger partial charge in [0.25, 0.3) is 5.91 Å². The third kappa shape index (κ3) is 2.17. The number of ether oxygens (including phenoxy) is 1. The molecule has 6 heteroatoms. The van der Waals surface area contributed by atoms with E-state index in [4.69, 9.17) is 21.4 Å². The SMILES string of the molecule is O=C(O)[C@H]1CC[C@@H](C(=O)N2CCc3c(Cl)cccc32)O1. The Bertz CT molecular complexity index is 574. The van der Waals surface area contributed by atoms with Crippen molar-refractivity contribution in [2.45, 2.75) is 31.5 Å². The standard InChI is InChI=1S/C14H14ClNO4/c15-9-2-1-3-10-8(9)6-7-16(10)13(17)11-4-5-12(20-11)14(18)19/h1-3,11-12H,4-7H2,(H,18,19)/t11-,12+/m0/s1. The number of carboxylic acids is 1. The lowest BCUT2D eigenvalue weighted by Gasteiger charge is -2.21. The van der Waals surface area contributed by atoms with Crippen LogP contribution in [0.15, 0.2) is 18.2 Å². The molecule has 1 N–H and O–H groups in total. The fourth-order valence-corrected chi connectivity index (χ4v) is 3.06. The largest absolute Gasteiger partial charge is 0.479 e. The summed E-state index contributed by atoms with van der Waals surface area (Å²) in [5.74, 6) is -1.18. The van der Waals surface area contributed by atoms with Crippen LogP contribution in [0.2, 0.25) is 5.02 Å². The number of fused-ring (bicyclic) bond motifs is 1. The van der Waals surface area contributed by atoms with Crippen molar-refractivity contribution in [2.75, 3.05) is 11.4 Å². The van der Waals surface area contributed by atoms with Crippen molar-refractivity contribution in [3.63, 3.8) is 0 Å². The fourth-order valence-electron chi connectivity index (χ4n) is 2.79. The van der Waals surface area contributed by atoms with Gasteiger partial charge in [-0.15, -0.1) is 0 Å². The summed E-state index contributed by atoms with van der Waals surface area (Å²) in [5.41, 5.74) is 1.78. The minimum atomic E-state index is -1.01. The Morgan fingerprint density at radius 1 is 1.30 bits per heavy atom. The molecular formula is C14H14ClNO4. The number of anilines is 1. The molecule has 2 aliphatic heterocycles. The van der Waals surface area contributed by atoms with Crippen molar-refractivity contribution >= 4 is 29.2 Å². The highest BCUT2D eigenvalue weighted by Gasteiger charge is 2.38. The van der Waals surface area contributed by atoms with E-state index in [0.717, 1.165) is 17.7 Å². The summed E-state index contributed by atoms with van der Waals surface area (Å²) < 4.78 is 5.32. The van der Waals surface area contributed by atoms with Crippen LogP contribution in [0, 0.1) is 0 Å². The van der Waals surface area contributed by atoms with E-state index in [0.29, 0.717) is 24.4 Å². The van der Waals surface area contributed by atoms with E-state index in [9.17, 15) is 9.59 Å². The summed E-state index contributed by atoms with van der Waals surface area (Å²) in [6, 6.07) is 5.47. The van der Waals surface area contributed by atoms with E-state index < -0.39 is 18.2 Å². The first-order valence-electron chi connectivity index (χ1n) is 6.55. The van der Waals surface area contributed by atoms with Gasteiger partial charge in [0.2, 0.25) is 0 Å². The van der Waals surface area contributed by atoms with Gasteiger partial charge in [-0.2, -0.15) is 0 Å². The maximum absolute atomic E-state index is 12.5. The number of rotatable bonds is 2. The van der Waals surface area contributed by atoms with Crippen LogP contribution in [0.25, 0.3) is 0 Å². The molecule has 0 saturated carbocycles. The Kier molecular flexibility index (Phi) is 3.40. The molecule has 0 aromatic heterocycles. The molecule has 0 bridgehead atoms. The van der Waals surface area contributed by atoms with Crippen molar-refractivity contribution in [3.05, 3.63) is 28.8 Å². The molecule has 1 aromatic rings. The molecule has 2 aliphatic rings. The molecule has 2 heterocycles. The summed E-state index contributed by atoms with van der Waals surface area (Å²) in [5, 5.41) is 9.57. The normalized spacial score (nSPS) is 24.8. The Morgan fingerprint density at radius 2 is 2.05 bits per heavy atom. The van der Waals surface area contributed by atoms with Gasteiger partial charge in [0.15, 0.2) is 6.10 Å². The lowest BCUT2D eigenvalue weighted by molar-refractivity contribution is -0.151. The molecule has 3 rings (SSSR count). The van der Waals surface area contributed by atoms with Crippen molar-refractivity contribution in [3.8, 4) is 0 Å². The predicted molar refractivity (Wildman–Crippen MR) is 73.0 cm³/mol. The number of nitrogens with zero attached hydrogens (tertiary/aromatic N) is 1. The van der Waals surface area contributed by atoms with E-state index in [1.54, 1.807) is 11.0 Å². The Labute approximate surface area is 121 Å². The van der Waals surface area contributed by atoms with Gasteiger partial charge in [0.1, 0.15) is 6.10 Å². The number of hydrogen-bond acceptors (Lipinski definition) is 3. The van der Waals surface area contributed by atoms with E-state index >= 15 is 0 Å². The number of benzene rings is 1. The zero-order valence-corrected chi connectivity index (χ0v) is 11.5. The number of halogens is 1. The summed E-state index contributed by atoms with van der Waals surface area (Å²) in [6.45, 7) is 0.565. The van der Waals surface area contributed by atoms with Gasteiger partial charge in [-0.05, 0) is 37.0 Å². The van der Waals surface area contributed by atoms with Crippen molar-refractivity contribution < 1.29 is 19.4 Å². The van der Waals surface area contributed by atoms with Gasteiger partial charge < -0.3 is 14.7 Å². The Balaban J connectivity index is 1.78.